The first-order valence-corrected chi connectivity index (χ1v) is 4.77. The summed E-state index contributed by atoms with van der Waals surface area (Å²) < 4.78 is 23.0. The zero-order valence-electron chi connectivity index (χ0n) is 9.38. The number of hydrogen-bond donors (Lipinski definition) is 2. The molecule has 6 heteroatoms. The quantitative estimate of drug-likeness (QED) is 0.812. The Hall–Kier alpha value is -1.82. The number of halogens is 1. The van der Waals surface area contributed by atoms with Crippen molar-refractivity contribution in [2.75, 3.05) is 14.2 Å². The number of methoxy groups -OCH3 is 2. The van der Waals surface area contributed by atoms with Crippen molar-refractivity contribution in [1.29, 1.82) is 0 Å². The normalized spacial score (nSPS) is 13.9. The molecule has 5 nitrogen and oxygen atoms in total. The Morgan fingerprint density at radius 1 is 1.24 bits per heavy atom. The molecular weight excluding hydrogens is 231 g/mol. The van der Waals surface area contributed by atoms with E-state index in [0.29, 0.717) is 11.5 Å². The SMILES string of the molecule is COc1cc(OC)cc(C(O)C(F)C(=O)O)c1. The summed E-state index contributed by atoms with van der Waals surface area (Å²) in [6.07, 6.45) is -4.16. The number of rotatable bonds is 5. The molecule has 2 unspecified atom stereocenters. The molecule has 1 rings (SSSR count). The summed E-state index contributed by atoms with van der Waals surface area (Å²) in [4.78, 5) is 10.4. The lowest BCUT2D eigenvalue weighted by molar-refractivity contribution is -0.147. The Kier molecular flexibility index (Phi) is 4.28. The van der Waals surface area contributed by atoms with Crippen molar-refractivity contribution in [3.05, 3.63) is 23.8 Å². The maximum atomic E-state index is 13.1. The molecule has 1 aromatic carbocycles. The maximum absolute atomic E-state index is 13.1. The van der Waals surface area contributed by atoms with Gasteiger partial charge in [-0.2, -0.15) is 0 Å². The van der Waals surface area contributed by atoms with Crippen molar-refractivity contribution in [2.45, 2.75) is 12.3 Å². The first-order chi connectivity index (χ1) is 7.99. The minimum absolute atomic E-state index is 0.0797. The van der Waals surface area contributed by atoms with E-state index < -0.39 is 18.2 Å². The fraction of sp³-hybridized carbons (Fsp3) is 0.364. The first kappa shape index (κ1) is 13.2. The number of aliphatic hydroxyl groups is 1. The number of benzene rings is 1. The van der Waals surface area contributed by atoms with E-state index in [9.17, 15) is 14.3 Å². The van der Waals surface area contributed by atoms with Crippen LogP contribution in [0.15, 0.2) is 18.2 Å². The van der Waals surface area contributed by atoms with E-state index in [-0.39, 0.29) is 5.56 Å². The zero-order valence-corrected chi connectivity index (χ0v) is 9.38. The molecule has 17 heavy (non-hydrogen) atoms. The van der Waals surface area contributed by atoms with Crippen molar-refractivity contribution in [3.8, 4) is 11.5 Å². The lowest BCUT2D eigenvalue weighted by Gasteiger charge is -2.14. The Morgan fingerprint density at radius 3 is 2.06 bits per heavy atom. The summed E-state index contributed by atoms with van der Waals surface area (Å²) >= 11 is 0. The Morgan fingerprint density at radius 2 is 1.71 bits per heavy atom. The molecule has 0 fully saturated rings. The fourth-order valence-corrected chi connectivity index (χ4v) is 1.30. The summed E-state index contributed by atoms with van der Waals surface area (Å²) in [5.74, 6) is -1.04. The number of carboxylic acids is 1. The summed E-state index contributed by atoms with van der Waals surface area (Å²) in [5, 5.41) is 18.0. The maximum Gasteiger partial charge on any atom is 0.341 e. The van der Waals surface area contributed by atoms with Gasteiger partial charge in [0, 0.05) is 6.07 Å². The lowest BCUT2D eigenvalue weighted by Crippen LogP contribution is -2.23. The van der Waals surface area contributed by atoms with Crippen LogP contribution in [0.5, 0.6) is 11.5 Å². The van der Waals surface area contributed by atoms with Crippen LogP contribution in [0.4, 0.5) is 4.39 Å². The van der Waals surface area contributed by atoms with Gasteiger partial charge in [-0.1, -0.05) is 0 Å². The van der Waals surface area contributed by atoms with Crippen molar-refractivity contribution in [1.82, 2.24) is 0 Å². The van der Waals surface area contributed by atoms with E-state index in [1.54, 1.807) is 0 Å². The molecule has 94 valence electrons. The molecule has 0 radical (unpaired) electrons. The molecule has 0 saturated heterocycles. The molecule has 0 heterocycles. The summed E-state index contributed by atoms with van der Waals surface area (Å²) in [6, 6.07) is 4.23. The Labute approximate surface area is 97.4 Å². The molecular formula is C11H13FO5. The summed E-state index contributed by atoms with van der Waals surface area (Å²) in [7, 11) is 2.80. The van der Waals surface area contributed by atoms with E-state index in [2.05, 4.69) is 0 Å². The van der Waals surface area contributed by atoms with Crippen molar-refractivity contribution >= 4 is 5.97 Å². The minimum Gasteiger partial charge on any atom is -0.497 e. The van der Waals surface area contributed by atoms with E-state index in [4.69, 9.17) is 14.6 Å². The second-order valence-corrected chi connectivity index (χ2v) is 3.33. The van der Waals surface area contributed by atoms with Gasteiger partial charge < -0.3 is 19.7 Å². The average molecular weight is 244 g/mol. The molecule has 0 aliphatic rings. The van der Waals surface area contributed by atoms with Gasteiger partial charge in [-0.3, -0.25) is 0 Å². The monoisotopic (exact) mass is 244 g/mol. The largest absolute Gasteiger partial charge is 0.497 e. The zero-order chi connectivity index (χ0) is 13.0. The van der Waals surface area contributed by atoms with Gasteiger partial charge in [-0.15, -0.1) is 0 Å². The average Bonchev–Trinajstić information content (AvgIpc) is 2.35. The predicted octanol–water partition coefficient (Wildman–Crippen LogP) is 1.16. The van der Waals surface area contributed by atoms with Crippen molar-refractivity contribution in [2.24, 2.45) is 0 Å². The fourth-order valence-electron chi connectivity index (χ4n) is 1.30. The topological polar surface area (TPSA) is 76.0 Å². The van der Waals surface area contributed by atoms with Gasteiger partial charge in [0.2, 0.25) is 6.17 Å². The highest BCUT2D eigenvalue weighted by Crippen LogP contribution is 2.28. The van der Waals surface area contributed by atoms with Crippen molar-refractivity contribution < 1.29 is 28.9 Å². The van der Waals surface area contributed by atoms with Gasteiger partial charge in [0.1, 0.15) is 17.6 Å². The van der Waals surface area contributed by atoms with Crippen LogP contribution < -0.4 is 9.47 Å². The number of aliphatic carboxylic acids is 1. The van der Waals surface area contributed by atoms with Crippen LogP contribution >= 0.6 is 0 Å². The van der Waals surface area contributed by atoms with Gasteiger partial charge in [-0.25, -0.2) is 9.18 Å². The minimum atomic E-state index is -2.40. The molecule has 2 atom stereocenters. The lowest BCUT2D eigenvalue weighted by atomic mass is 10.0. The molecule has 0 spiro atoms. The van der Waals surface area contributed by atoms with Crippen LogP contribution in [-0.2, 0) is 4.79 Å². The summed E-state index contributed by atoms with van der Waals surface area (Å²) in [6.45, 7) is 0. The molecule has 0 saturated carbocycles. The molecule has 1 aromatic rings. The van der Waals surface area contributed by atoms with Crippen molar-refractivity contribution in [3.63, 3.8) is 0 Å². The number of aliphatic hydroxyl groups excluding tert-OH is 1. The van der Waals surface area contributed by atoms with Crippen LogP contribution in [0.1, 0.15) is 11.7 Å². The van der Waals surface area contributed by atoms with Crippen LogP contribution in [0.2, 0.25) is 0 Å². The second kappa shape index (κ2) is 5.49. The highest BCUT2D eigenvalue weighted by molar-refractivity contribution is 5.73. The Balaban J connectivity index is 3.07. The van der Waals surface area contributed by atoms with Gasteiger partial charge in [0.25, 0.3) is 0 Å². The van der Waals surface area contributed by atoms with E-state index >= 15 is 0 Å². The highest BCUT2D eigenvalue weighted by Gasteiger charge is 2.28. The summed E-state index contributed by atoms with van der Waals surface area (Å²) in [5.41, 5.74) is 0.0797. The van der Waals surface area contributed by atoms with E-state index in [1.807, 2.05) is 0 Å². The van der Waals surface area contributed by atoms with Gasteiger partial charge in [0.15, 0.2) is 0 Å². The number of carbonyl (C=O) groups is 1. The van der Waals surface area contributed by atoms with E-state index in [1.165, 1.54) is 32.4 Å². The van der Waals surface area contributed by atoms with Gasteiger partial charge in [-0.05, 0) is 17.7 Å². The number of alkyl halides is 1. The second-order valence-electron chi connectivity index (χ2n) is 3.33. The highest BCUT2D eigenvalue weighted by atomic mass is 19.1. The molecule has 0 aliphatic carbocycles. The van der Waals surface area contributed by atoms with Crippen LogP contribution in [0.3, 0.4) is 0 Å². The van der Waals surface area contributed by atoms with Crippen LogP contribution in [-0.4, -0.2) is 36.6 Å². The Bertz CT molecular complexity index is 385. The van der Waals surface area contributed by atoms with Gasteiger partial charge >= 0.3 is 5.97 Å². The standard InChI is InChI=1S/C11H13FO5/c1-16-7-3-6(4-8(5-7)17-2)10(13)9(12)11(14)15/h3-5,9-10,13H,1-2H3,(H,14,15). The third-order valence-electron chi connectivity index (χ3n) is 2.23. The van der Waals surface area contributed by atoms with E-state index in [0.717, 1.165) is 0 Å². The number of hydrogen-bond acceptors (Lipinski definition) is 4. The molecule has 0 aromatic heterocycles. The number of carboxylic acid groups (broad SMARTS) is 1. The molecule has 2 N–H and O–H groups in total. The molecule has 0 aliphatic heterocycles. The first-order valence-electron chi connectivity index (χ1n) is 4.77. The molecule has 0 bridgehead atoms. The smallest absolute Gasteiger partial charge is 0.341 e. The molecule has 0 amide bonds. The number of ether oxygens (including phenoxy) is 2. The van der Waals surface area contributed by atoms with Crippen LogP contribution in [0.25, 0.3) is 0 Å². The predicted molar refractivity (Wildman–Crippen MR) is 57.0 cm³/mol. The third-order valence-corrected chi connectivity index (χ3v) is 2.23. The van der Waals surface area contributed by atoms with Crippen LogP contribution in [0, 0.1) is 0 Å². The third kappa shape index (κ3) is 3.07. The van der Waals surface area contributed by atoms with Gasteiger partial charge in [0.05, 0.1) is 14.2 Å².